The molecule has 1 atom stereocenters. The Hall–Kier alpha value is -3.68. The lowest BCUT2D eigenvalue weighted by atomic mass is 10.1. The minimum Gasteiger partial charge on any atom is -0.497 e. The molecule has 3 rings (SSSR count). The van der Waals surface area contributed by atoms with Gasteiger partial charge in [0.25, 0.3) is 5.91 Å². The van der Waals surface area contributed by atoms with Crippen LogP contribution in [-0.2, 0) is 32.1 Å². The zero-order valence-corrected chi connectivity index (χ0v) is 18.1. The molecule has 0 radical (unpaired) electrons. The van der Waals surface area contributed by atoms with E-state index in [9.17, 15) is 19.2 Å². The van der Waals surface area contributed by atoms with Crippen molar-refractivity contribution >= 4 is 23.7 Å². The predicted octanol–water partition coefficient (Wildman–Crippen LogP) is 2.25. The van der Waals surface area contributed by atoms with E-state index in [4.69, 9.17) is 9.47 Å². The Kier molecular flexibility index (Phi) is 7.59. The molecule has 1 fully saturated rings. The summed E-state index contributed by atoms with van der Waals surface area (Å²) in [6.45, 7) is 2.11. The number of nitrogens with one attached hydrogen (secondary N) is 1. The molecule has 1 heterocycles. The van der Waals surface area contributed by atoms with Crippen molar-refractivity contribution in [3.63, 3.8) is 0 Å². The molecule has 3 amide bonds. The molecule has 2 aromatic carbocycles. The Bertz CT molecular complexity index is 969. The number of carbonyl (C=O) groups excluding carboxylic acids is 4. The molecule has 1 aliphatic rings. The monoisotopic (exact) mass is 438 g/mol. The van der Waals surface area contributed by atoms with Crippen molar-refractivity contribution in [2.24, 2.45) is 0 Å². The van der Waals surface area contributed by atoms with Gasteiger partial charge in [0.1, 0.15) is 5.75 Å². The van der Waals surface area contributed by atoms with Gasteiger partial charge in [-0.15, -0.1) is 0 Å². The van der Waals surface area contributed by atoms with E-state index >= 15 is 0 Å². The molecule has 0 aliphatic carbocycles. The molecule has 1 saturated heterocycles. The molecule has 32 heavy (non-hydrogen) atoms. The summed E-state index contributed by atoms with van der Waals surface area (Å²) in [7, 11) is 1.60. The SMILES string of the molecule is COc1ccc(CCNC(=O)C(C)OC(=O)c2ccc(CN3C(=O)CCC3=O)cc2)cc1. The van der Waals surface area contributed by atoms with E-state index in [2.05, 4.69) is 5.32 Å². The number of ether oxygens (including phenoxy) is 2. The smallest absolute Gasteiger partial charge is 0.338 e. The van der Waals surface area contributed by atoms with E-state index < -0.39 is 12.1 Å². The zero-order valence-electron chi connectivity index (χ0n) is 18.1. The molecule has 0 bridgehead atoms. The second-order valence-electron chi connectivity index (χ2n) is 7.51. The van der Waals surface area contributed by atoms with Gasteiger partial charge in [-0.1, -0.05) is 24.3 Å². The van der Waals surface area contributed by atoms with Crippen LogP contribution in [0.2, 0.25) is 0 Å². The average Bonchev–Trinajstić information content (AvgIpc) is 3.12. The van der Waals surface area contributed by atoms with Crippen molar-refractivity contribution in [1.82, 2.24) is 10.2 Å². The lowest BCUT2D eigenvalue weighted by Gasteiger charge is -2.15. The van der Waals surface area contributed by atoms with Crippen LogP contribution >= 0.6 is 0 Å². The minimum atomic E-state index is -0.946. The number of imide groups is 1. The highest BCUT2D eigenvalue weighted by Crippen LogP contribution is 2.17. The lowest BCUT2D eigenvalue weighted by molar-refractivity contribution is -0.139. The van der Waals surface area contributed by atoms with Crippen LogP contribution in [0.3, 0.4) is 0 Å². The first kappa shape index (κ1) is 23.0. The normalized spacial score (nSPS) is 14.2. The predicted molar refractivity (Wildman–Crippen MR) is 116 cm³/mol. The molecule has 0 spiro atoms. The molecular weight excluding hydrogens is 412 g/mol. The van der Waals surface area contributed by atoms with Gasteiger partial charge in [0.2, 0.25) is 11.8 Å². The van der Waals surface area contributed by atoms with Gasteiger partial charge in [0.15, 0.2) is 6.10 Å². The van der Waals surface area contributed by atoms with Gasteiger partial charge < -0.3 is 14.8 Å². The maximum absolute atomic E-state index is 12.3. The summed E-state index contributed by atoms with van der Waals surface area (Å²) in [5, 5.41) is 2.76. The Balaban J connectivity index is 1.45. The van der Waals surface area contributed by atoms with Crippen LogP contribution in [-0.4, -0.2) is 48.3 Å². The fourth-order valence-corrected chi connectivity index (χ4v) is 3.28. The second kappa shape index (κ2) is 10.6. The summed E-state index contributed by atoms with van der Waals surface area (Å²) < 4.78 is 10.4. The number of rotatable bonds is 9. The van der Waals surface area contributed by atoms with E-state index in [-0.39, 0.29) is 42.7 Å². The van der Waals surface area contributed by atoms with Crippen molar-refractivity contribution in [3.8, 4) is 5.75 Å². The first-order valence-corrected chi connectivity index (χ1v) is 10.4. The highest BCUT2D eigenvalue weighted by Gasteiger charge is 2.28. The van der Waals surface area contributed by atoms with Gasteiger partial charge in [-0.3, -0.25) is 19.3 Å². The van der Waals surface area contributed by atoms with E-state index in [1.807, 2.05) is 24.3 Å². The van der Waals surface area contributed by atoms with Gasteiger partial charge >= 0.3 is 5.97 Å². The van der Waals surface area contributed by atoms with Crippen LogP contribution in [0.5, 0.6) is 5.75 Å². The molecule has 1 unspecified atom stereocenters. The van der Waals surface area contributed by atoms with E-state index in [0.717, 1.165) is 16.9 Å². The Morgan fingerprint density at radius 3 is 2.16 bits per heavy atom. The van der Waals surface area contributed by atoms with Crippen molar-refractivity contribution in [1.29, 1.82) is 0 Å². The van der Waals surface area contributed by atoms with Gasteiger partial charge in [-0.05, 0) is 48.7 Å². The maximum atomic E-state index is 12.3. The van der Waals surface area contributed by atoms with Crippen LogP contribution in [0, 0.1) is 0 Å². The molecule has 8 nitrogen and oxygen atoms in total. The number of methoxy groups -OCH3 is 1. The number of esters is 1. The summed E-state index contributed by atoms with van der Waals surface area (Å²) in [5.41, 5.74) is 2.06. The van der Waals surface area contributed by atoms with Crippen LogP contribution in [0.1, 0.15) is 41.3 Å². The van der Waals surface area contributed by atoms with E-state index in [0.29, 0.717) is 13.0 Å². The van der Waals surface area contributed by atoms with Crippen LogP contribution in [0.15, 0.2) is 48.5 Å². The fourth-order valence-electron chi connectivity index (χ4n) is 3.28. The minimum absolute atomic E-state index is 0.181. The third-order valence-corrected chi connectivity index (χ3v) is 5.21. The highest BCUT2D eigenvalue weighted by molar-refractivity contribution is 6.01. The first-order valence-electron chi connectivity index (χ1n) is 10.4. The first-order chi connectivity index (χ1) is 15.4. The number of hydrogen-bond donors (Lipinski definition) is 1. The van der Waals surface area contributed by atoms with Gasteiger partial charge in [0, 0.05) is 19.4 Å². The summed E-state index contributed by atoms with van der Waals surface area (Å²) >= 11 is 0. The molecule has 2 aromatic rings. The molecule has 168 valence electrons. The highest BCUT2D eigenvalue weighted by atomic mass is 16.5. The number of likely N-dealkylation sites (tertiary alicyclic amines) is 1. The number of nitrogens with zero attached hydrogens (tertiary/aromatic N) is 1. The number of hydrogen-bond acceptors (Lipinski definition) is 6. The van der Waals surface area contributed by atoms with Crippen molar-refractivity contribution in [3.05, 3.63) is 65.2 Å². The third-order valence-electron chi connectivity index (χ3n) is 5.21. The summed E-state index contributed by atoms with van der Waals surface area (Å²) in [5.74, 6) is -0.614. The largest absolute Gasteiger partial charge is 0.497 e. The van der Waals surface area contributed by atoms with Crippen LogP contribution < -0.4 is 10.1 Å². The van der Waals surface area contributed by atoms with Crippen LogP contribution in [0.4, 0.5) is 0 Å². The van der Waals surface area contributed by atoms with Gasteiger partial charge in [-0.25, -0.2) is 4.79 Å². The molecule has 0 aromatic heterocycles. The molecule has 1 aliphatic heterocycles. The third kappa shape index (κ3) is 5.94. The van der Waals surface area contributed by atoms with Crippen molar-refractivity contribution in [2.45, 2.75) is 38.8 Å². The summed E-state index contributed by atoms with van der Waals surface area (Å²) in [4.78, 5) is 49.2. The maximum Gasteiger partial charge on any atom is 0.338 e. The second-order valence-corrected chi connectivity index (χ2v) is 7.51. The van der Waals surface area contributed by atoms with Crippen LogP contribution in [0.25, 0.3) is 0 Å². The summed E-state index contributed by atoms with van der Waals surface area (Å²) in [6.07, 6.45) is 0.171. The zero-order chi connectivity index (χ0) is 23.1. The van der Waals surface area contributed by atoms with Crippen molar-refractivity contribution < 1.29 is 28.7 Å². The Morgan fingerprint density at radius 1 is 0.969 bits per heavy atom. The number of carbonyl (C=O) groups is 4. The average molecular weight is 438 g/mol. The Labute approximate surface area is 186 Å². The molecular formula is C24H26N2O6. The summed E-state index contributed by atoms with van der Waals surface area (Å²) in [6, 6.07) is 14.0. The van der Waals surface area contributed by atoms with Gasteiger partial charge in [0.05, 0.1) is 19.2 Å². The standard InChI is InChI=1S/C24H26N2O6/c1-16(23(29)25-14-13-17-5-9-20(31-2)10-6-17)32-24(30)19-7-3-18(4-8-19)15-26-21(27)11-12-22(26)28/h3-10,16H,11-15H2,1-2H3,(H,25,29). The Morgan fingerprint density at radius 2 is 1.56 bits per heavy atom. The van der Waals surface area contributed by atoms with E-state index in [1.54, 1.807) is 31.4 Å². The lowest BCUT2D eigenvalue weighted by Crippen LogP contribution is -2.36. The fraction of sp³-hybridized carbons (Fsp3) is 0.333. The quantitative estimate of drug-likeness (QED) is 0.476. The number of benzene rings is 2. The molecule has 1 N–H and O–H groups in total. The molecule has 8 heteroatoms. The van der Waals surface area contributed by atoms with Crippen molar-refractivity contribution in [2.75, 3.05) is 13.7 Å². The number of amides is 3. The molecule has 0 saturated carbocycles. The topological polar surface area (TPSA) is 102 Å². The van der Waals surface area contributed by atoms with E-state index in [1.165, 1.54) is 11.8 Å². The van der Waals surface area contributed by atoms with Gasteiger partial charge in [-0.2, -0.15) is 0 Å².